The molecule has 2 unspecified atom stereocenters. The molecule has 1 heterocycles. The van der Waals surface area contributed by atoms with E-state index in [9.17, 15) is 0 Å². The molecule has 1 fully saturated rings. The lowest BCUT2D eigenvalue weighted by atomic mass is 10.2. The van der Waals surface area contributed by atoms with Crippen LogP contribution in [0.1, 0.15) is 19.8 Å². The SMILES string of the molecule is CN=C(NCC(C)Oc1ccccc1)NCC1CCCO1. The first-order valence-electron chi connectivity index (χ1n) is 7.55. The van der Waals surface area contributed by atoms with Crippen LogP contribution < -0.4 is 15.4 Å². The van der Waals surface area contributed by atoms with E-state index in [1.807, 2.05) is 37.3 Å². The highest BCUT2D eigenvalue weighted by atomic mass is 16.5. The van der Waals surface area contributed by atoms with E-state index in [0.29, 0.717) is 12.6 Å². The van der Waals surface area contributed by atoms with Crippen molar-refractivity contribution in [2.45, 2.75) is 32.0 Å². The van der Waals surface area contributed by atoms with Crippen molar-refractivity contribution in [1.82, 2.24) is 10.6 Å². The molecule has 1 aliphatic rings. The molecule has 1 aromatic carbocycles. The Morgan fingerprint density at radius 3 is 2.86 bits per heavy atom. The van der Waals surface area contributed by atoms with Crippen molar-refractivity contribution >= 4 is 5.96 Å². The number of ether oxygens (including phenoxy) is 2. The third kappa shape index (κ3) is 5.63. The highest BCUT2D eigenvalue weighted by Crippen LogP contribution is 2.11. The fraction of sp³-hybridized carbons (Fsp3) is 0.562. The number of hydrogen-bond acceptors (Lipinski definition) is 3. The first-order valence-corrected chi connectivity index (χ1v) is 7.55. The smallest absolute Gasteiger partial charge is 0.191 e. The predicted octanol–water partition coefficient (Wildman–Crippen LogP) is 1.80. The van der Waals surface area contributed by atoms with Gasteiger partial charge in [-0.2, -0.15) is 0 Å². The van der Waals surface area contributed by atoms with Crippen molar-refractivity contribution in [3.8, 4) is 5.75 Å². The summed E-state index contributed by atoms with van der Waals surface area (Å²) in [5, 5.41) is 6.56. The summed E-state index contributed by atoms with van der Waals surface area (Å²) in [5.41, 5.74) is 0. The number of hydrogen-bond donors (Lipinski definition) is 2. The van der Waals surface area contributed by atoms with E-state index in [1.54, 1.807) is 7.05 Å². The first-order chi connectivity index (χ1) is 10.3. The Labute approximate surface area is 126 Å². The van der Waals surface area contributed by atoms with Crippen molar-refractivity contribution in [2.75, 3.05) is 26.7 Å². The van der Waals surface area contributed by atoms with Crippen molar-refractivity contribution in [2.24, 2.45) is 4.99 Å². The summed E-state index contributed by atoms with van der Waals surface area (Å²) in [7, 11) is 1.77. The van der Waals surface area contributed by atoms with Gasteiger partial charge in [0.2, 0.25) is 0 Å². The molecule has 21 heavy (non-hydrogen) atoms. The Morgan fingerprint density at radius 1 is 1.38 bits per heavy atom. The van der Waals surface area contributed by atoms with Gasteiger partial charge in [-0.3, -0.25) is 4.99 Å². The fourth-order valence-corrected chi connectivity index (χ4v) is 2.25. The molecule has 0 aromatic heterocycles. The summed E-state index contributed by atoms with van der Waals surface area (Å²) in [5.74, 6) is 1.67. The number of rotatable bonds is 6. The van der Waals surface area contributed by atoms with Crippen LogP contribution in [0.25, 0.3) is 0 Å². The van der Waals surface area contributed by atoms with Crippen molar-refractivity contribution in [3.63, 3.8) is 0 Å². The third-order valence-corrected chi connectivity index (χ3v) is 3.38. The Bertz CT molecular complexity index is 430. The molecule has 1 saturated heterocycles. The minimum absolute atomic E-state index is 0.0636. The molecule has 2 atom stereocenters. The summed E-state index contributed by atoms with van der Waals surface area (Å²) < 4.78 is 11.4. The number of nitrogens with zero attached hydrogens (tertiary/aromatic N) is 1. The van der Waals surface area contributed by atoms with Crippen LogP contribution in [0.2, 0.25) is 0 Å². The number of nitrogens with one attached hydrogen (secondary N) is 2. The lowest BCUT2D eigenvalue weighted by Gasteiger charge is -2.18. The molecule has 0 spiro atoms. The van der Waals surface area contributed by atoms with E-state index in [1.165, 1.54) is 0 Å². The lowest BCUT2D eigenvalue weighted by molar-refractivity contribution is 0.113. The number of aliphatic imine (C=N–C) groups is 1. The van der Waals surface area contributed by atoms with Crippen LogP contribution in [0.15, 0.2) is 35.3 Å². The summed E-state index contributed by atoms with van der Waals surface area (Å²) in [6, 6.07) is 9.84. The Kier molecular flexibility index (Phi) is 6.34. The maximum absolute atomic E-state index is 5.82. The Hall–Kier alpha value is -1.75. The van der Waals surface area contributed by atoms with E-state index in [0.717, 1.165) is 37.7 Å². The fourth-order valence-electron chi connectivity index (χ4n) is 2.25. The average Bonchev–Trinajstić information content (AvgIpc) is 3.02. The van der Waals surface area contributed by atoms with Gasteiger partial charge in [0, 0.05) is 20.2 Å². The van der Waals surface area contributed by atoms with Gasteiger partial charge in [-0.1, -0.05) is 18.2 Å². The molecule has 0 radical (unpaired) electrons. The zero-order valence-corrected chi connectivity index (χ0v) is 12.8. The number of para-hydroxylation sites is 1. The minimum Gasteiger partial charge on any atom is -0.489 e. The first kappa shape index (κ1) is 15.6. The average molecular weight is 291 g/mol. The van der Waals surface area contributed by atoms with Gasteiger partial charge in [0.25, 0.3) is 0 Å². The van der Waals surface area contributed by atoms with E-state index >= 15 is 0 Å². The normalized spacial score (nSPS) is 20.1. The molecule has 1 aromatic rings. The molecule has 5 nitrogen and oxygen atoms in total. The van der Waals surface area contributed by atoms with E-state index in [4.69, 9.17) is 9.47 Å². The summed E-state index contributed by atoms with van der Waals surface area (Å²) in [4.78, 5) is 4.21. The molecule has 5 heteroatoms. The van der Waals surface area contributed by atoms with Crippen molar-refractivity contribution in [3.05, 3.63) is 30.3 Å². The molecule has 0 bridgehead atoms. The molecule has 2 N–H and O–H groups in total. The van der Waals surface area contributed by atoms with Gasteiger partial charge >= 0.3 is 0 Å². The van der Waals surface area contributed by atoms with Crippen LogP contribution >= 0.6 is 0 Å². The molecule has 1 aliphatic heterocycles. The van der Waals surface area contributed by atoms with Gasteiger partial charge in [0.15, 0.2) is 5.96 Å². The van der Waals surface area contributed by atoms with Crippen LogP contribution in [-0.2, 0) is 4.74 Å². The summed E-state index contributed by atoms with van der Waals surface area (Å²) in [6.45, 7) is 4.40. The standard InChI is InChI=1S/C16H25N3O2/c1-13(21-14-7-4-3-5-8-14)11-18-16(17-2)19-12-15-9-6-10-20-15/h3-5,7-8,13,15H,6,9-12H2,1-2H3,(H2,17,18,19). The van der Waals surface area contributed by atoms with Gasteiger partial charge in [-0.05, 0) is 31.9 Å². The van der Waals surface area contributed by atoms with Gasteiger partial charge in [-0.25, -0.2) is 0 Å². The Morgan fingerprint density at radius 2 is 2.19 bits per heavy atom. The second-order valence-corrected chi connectivity index (χ2v) is 5.21. The zero-order chi connectivity index (χ0) is 14.9. The van der Waals surface area contributed by atoms with Crippen LogP contribution in [0.4, 0.5) is 0 Å². The van der Waals surface area contributed by atoms with Crippen LogP contribution in [0.5, 0.6) is 5.75 Å². The summed E-state index contributed by atoms with van der Waals surface area (Å²) in [6.07, 6.45) is 2.65. The molecular weight excluding hydrogens is 266 g/mol. The largest absolute Gasteiger partial charge is 0.489 e. The number of guanidine groups is 1. The second kappa shape index (κ2) is 8.52. The monoisotopic (exact) mass is 291 g/mol. The van der Waals surface area contributed by atoms with Crippen molar-refractivity contribution < 1.29 is 9.47 Å². The van der Waals surface area contributed by atoms with Crippen LogP contribution in [0, 0.1) is 0 Å². The second-order valence-electron chi connectivity index (χ2n) is 5.21. The molecule has 0 saturated carbocycles. The van der Waals surface area contributed by atoms with Gasteiger partial charge in [0.1, 0.15) is 11.9 Å². The molecule has 0 amide bonds. The van der Waals surface area contributed by atoms with Gasteiger partial charge < -0.3 is 20.1 Å². The predicted molar refractivity (Wildman–Crippen MR) is 84.9 cm³/mol. The topological polar surface area (TPSA) is 54.9 Å². The van der Waals surface area contributed by atoms with Gasteiger partial charge in [-0.15, -0.1) is 0 Å². The number of benzene rings is 1. The van der Waals surface area contributed by atoms with E-state index in [2.05, 4.69) is 15.6 Å². The lowest BCUT2D eigenvalue weighted by Crippen LogP contribution is -2.44. The van der Waals surface area contributed by atoms with Crippen LogP contribution in [0.3, 0.4) is 0 Å². The Balaban J connectivity index is 1.67. The molecule has 116 valence electrons. The maximum Gasteiger partial charge on any atom is 0.191 e. The molecule has 0 aliphatic carbocycles. The zero-order valence-electron chi connectivity index (χ0n) is 12.8. The van der Waals surface area contributed by atoms with Gasteiger partial charge in [0.05, 0.1) is 12.6 Å². The molecular formula is C16H25N3O2. The highest BCUT2D eigenvalue weighted by Gasteiger charge is 2.15. The third-order valence-electron chi connectivity index (χ3n) is 3.38. The van der Waals surface area contributed by atoms with E-state index in [-0.39, 0.29) is 6.10 Å². The summed E-state index contributed by atoms with van der Waals surface area (Å²) >= 11 is 0. The van der Waals surface area contributed by atoms with E-state index < -0.39 is 0 Å². The maximum atomic E-state index is 5.82. The molecule has 2 rings (SSSR count). The minimum atomic E-state index is 0.0636. The quantitative estimate of drug-likeness (QED) is 0.620. The van der Waals surface area contributed by atoms with Crippen molar-refractivity contribution in [1.29, 1.82) is 0 Å². The highest BCUT2D eigenvalue weighted by molar-refractivity contribution is 5.79. The van der Waals surface area contributed by atoms with Crippen LogP contribution in [-0.4, -0.2) is 44.9 Å².